The second-order valence-electron chi connectivity index (χ2n) is 11.7. The van der Waals surface area contributed by atoms with E-state index >= 15 is 0 Å². The molecule has 3 rings (SSSR count). The van der Waals surface area contributed by atoms with E-state index in [1.807, 2.05) is 36.4 Å². The first kappa shape index (κ1) is 44.5. The number of para-hydroxylation sites is 2. The lowest BCUT2D eigenvalue weighted by atomic mass is 10.3. The van der Waals surface area contributed by atoms with Gasteiger partial charge < -0.3 is 47.4 Å². The Balaban J connectivity index is 1.37. The Morgan fingerprint density at radius 2 is 0.893 bits per heavy atom. The van der Waals surface area contributed by atoms with Crippen molar-refractivity contribution >= 4 is 23.9 Å². The molecule has 2 atom stereocenters. The fourth-order valence-electron chi connectivity index (χ4n) is 4.55. The Hall–Kier alpha value is -5.86. The monoisotopic (exact) mass is 778 g/mol. The zero-order valence-corrected chi connectivity index (χ0v) is 31.4. The molecule has 0 fully saturated rings. The highest BCUT2D eigenvalue weighted by Crippen LogP contribution is 2.19. The van der Waals surface area contributed by atoms with Crippen LogP contribution < -0.4 is 18.9 Å². The van der Waals surface area contributed by atoms with Crippen molar-refractivity contribution in [3.8, 4) is 23.0 Å². The molecule has 3 aromatic rings. The molecule has 0 amide bonds. The van der Waals surface area contributed by atoms with Crippen molar-refractivity contribution in [2.24, 2.45) is 0 Å². The Morgan fingerprint density at radius 1 is 0.482 bits per heavy atom. The maximum Gasteiger partial charge on any atom is 0.330 e. The maximum absolute atomic E-state index is 12.4. The van der Waals surface area contributed by atoms with Gasteiger partial charge in [-0.25, -0.2) is 9.59 Å². The topological polar surface area (TPSA) is 161 Å². The summed E-state index contributed by atoms with van der Waals surface area (Å²) >= 11 is 0. The standard InChI is InChI=1S/C42H50O14/c1-3-39(43)51-22-12-20-41(45)55-37(31-53-33-14-7-5-8-15-33)29-47-24-26-49-35-18-11-19-36(28-35)50-27-25-48-30-38(32-54-34-16-9-6-10-17-34)56-42(46)21-13-23-52-40(44)4-2/h3-11,14-19,28,37-38H,1-2,12-13,20-27,29-32H2. The van der Waals surface area contributed by atoms with Gasteiger partial charge in [0, 0.05) is 31.1 Å². The van der Waals surface area contributed by atoms with Gasteiger partial charge in [0.25, 0.3) is 0 Å². The molecule has 14 nitrogen and oxygen atoms in total. The molecule has 3 aromatic carbocycles. The van der Waals surface area contributed by atoms with E-state index in [2.05, 4.69) is 13.2 Å². The van der Waals surface area contributed by atoms with Gasteiger partial charge in [0.05, 0.1) is 39.6 Å². The summed E-state index contributed by atoms with van der Waals surface area (Å²) in [6.45, 7) is 7.96. The molecule has 0 aliphatic rings. The summed E-state index contributed by atoms with van der Waals surface area (Å²) < 4.78 is 55.7. The van der Waals surface area contributed by atoms with Crippen LogP contribution >= 0.6 is 0 Å². The maximum atomic E-state index is 12.4. The van der Waals surface area contributed by atoms with Crippen LogP contribution in [0.2, 0.25) is 0 Å². The number of hydrogen-bond donors (Lipinski definition) is 0. The quantitative estimate of drug-likeness (QED) is 0.0362. The van der Waals surface area contributed by atoms with E-state index in [1.165, 1.54) is 0 Å². The molecule has 0 heterocycles. The molecular formula is C42H50O14. The van der Waals surface area contributed by atoms with Crippen LogP contribution in [-0.4, -0.2) is 102 Å². The van der Waals surface area contributed by atoms with E-state index in [-0.39, 0.29) is 78.9 Å². The average molecular weight is 779 g/mol. The molecule has 0 bridgehead atoms. The van der Waals surface area contributed by atoms with Gasteiger partial charge in [-0.15, -0.1) is 0 Å². The predicted molar refractivity (Wildman–Crippen MR) is 203 cm³/mol. The lowest BCUT2D eigenvalue weighted by Crippen LogP contribution is -2.30. The van der Waals surface area contributed by atoms with Gasteiger partial charge in [0.15, 0.2) is 12.2 Å². The highest BCUT2D eigenvalue weighted by molar-refractivity contribution is 5.81. The zero-order chi connectivity index (χ0) is 40.1. The summed E-state index contributed by atoms with van der Waals surface area (Å²) in [5.41, 5.74) is 0. The van der Waals surface area contributed by atoms with E-state index in [4.69, 9.17) is 47.4 Å². The summed E-state index contributed by atoms with van der Waals surface area (Å²) in [6.07, 6.45) is 1.47. The second kappa shape index (κ2) is 27.7. The Labute approximate surface area is 327 Å². The molecule has 2 unspecified atom stereocenters. The van der Waals surface area contributed by atoms with Gasteiger partial charge >= 0.3 is 23.9 Å². The van der Waals surface area contributed by atoms with Gasteiger partial charge in [-0.2, -0.15) is 0 Å². The first-order valence-electron chi connectivity index (χ1n) is 18.2. The molecule has 0 saturated carbocycles. The fraction of sp³-hybridized carbons (Fsp3) is 0.381. The lowest BCUT2D eigenvalue weighted by molar-refractivity contribution is -0.155. The van der Waals surface area contributed by atoms with E-state index in [0.717, 1.165) is 12.2 Å². The lowest BCUT2D eigenvalue weighted by Gasteiger charge is -2.19. The summed E-state index contributed by atoms with van der Waals surface area (Å²) in [5, 5.41) is 0. The second-order valence-corrected chi connectivity index (χ2v) is 11.7. The van der Waals surface area contributed by atoms with E-state index in [9.17, 15) is 19.2 Å². The van der Waals surface area contributed by atoms with Crippen LogP contribution in [0, 0.1) is 0 Å². The van der Waals surface area contributed by atoms with E-state index in [0.29, 0.717) is 35.8 Å². The normalized spacial score (nSPS) is 11.6. The molecule has 0 radical (unpaired) electrons. The van der Waals surface area contributed by atoms with Crippen LogP contribution in [0.15, 0.2) is 110 Å². The van der Waals surface area contributed by atoms with E-state index in [1.54, 1.807) is 48.5 Å². The third-order valence-corrected chi connectivity index (χ3v) is 7.23. The van der Waals surface area contributed by atoms with Crippen molar-refractivity contribution in [1.29, 1.82) is 0 Å². The van der Waals surface area contributed by atoms with Crippen molar-refractivity contribution in [3.63, 3.8) is 0 Å². The highest BCUT2D eigenvalue weighted by atomic mass is 16.6. The SMILES string of the molecule is C=CC(=O)OCCCC(=O)OC(COCCOc1cccc(OCCOCC(COc2ccccc2)OC(=O)CCCOC(=O)C=C)c1)COc1ccccc1. The Bertz CT molecular complexity index is 1480. The number of carbonyl (C=O) groups is 4. The van der Waals surface area contributed by atoms with E-state index < -0.39 is 36.1 Å². The van der Waals surface area contributed by atoms with Crippen LogP contribution in [0.5, 0.6) is 23.0 Å². The predicted octanol–water partition coefficient (Wildman–Crippen LogP) is 5.48. The highest BCUT2D eigenvalue weighted by Gasteiger charge is 2.18. The van der Waals surface area contributed by atoms with Crippen LogP contribution in [0.25, 0.3) is 0 Å². The molecule has 14 heteroatoms. The number of benzene rings is 3. The molecular weight excluding hydrogens is 728 g/mol. The fourth-order valence-corrected chi connectivity index (χ4v) is 4.55. The molecule has 0 saturated heterocycles. The number of ether oxygens (including phenoxy) is 10. The minimum atomic E-state index is -0.684. The minimum absolute atomic E-state index is 0.0543. The van der Waals surface area contributed by atoms with Crippen LogP contribution in [0.3, 0.4) is 0 Å². The first-order valence-corrected chi connectivity index (χ1v) is 18.2. The molecule has 0 aliphatic heterocycles. The number of esters is 4. The third-order valence-electron chi connectivity index (χ3n) is 7.23. The van der Waals surface area contributed by atoms with Gasteiger partial charge in [-0.3, -0.25) is 9.59 Å². The molecule has 0 spiro atoms. The van der Waals surface area contributed by atoms with Crippen molar-refractivity contribution in [2.45, 2.75) is 37.9 Å². The van der Waals surface area contributed by atoms with Crippen molar-refractivity contribution < 1.29 is 66.5 Å². The summed E-state index contributed by atoms with van der Waals surface area (Å²) in [5.74, 6) is 0.316. The van der Waals surface area contributed by atoms with Gasteiger partial charge in [0.2, 0.25) is 0 Å². The smallest absolute Gasteiger partial charge is 0.330 e. The largest absolute Gasteiger partial charge is 0.491 e. The average Bonchev–Trinajstić information content (AvgIpc) is 3.22. The molecule has 0 aliphatic carbocycles. The summed E-state index contributed by atoms with van der Waals surface area (Å²) in [6, 6.07) is 25.3. The Kier molecular flexibility index (Phi) is 22.0. The molecule has 302 valence electrons. The van der Waals surface area contributed by atoms with Gasteiger partial charge in [-0.1, -0.05) is 55.6 Å². The Morgan fingerprint density at radius 3 is 1.30 bits per heavy atom. The van der Waals surface area contributed by atoms with Gasteiger partial charge in [0.1, 0.15) is 49.4 Å². The third kappa shape index (κ3) is 20.6. The number of carbonyl (C=O) groups excluding carboxylic acids is 4. The first-order chi connectivity index (χ1) is 27.3. The zero-order valence-electron chi connectivity index (χ0n) is 31.4. The summed E-state index contributed by atoms with van der Waals surface area (Å²) in [7, 11) is 0. The van der Waals surface area contributed by atoms with Crippen LogP contribution in [0.4, 0.5) is 0 Å². The minimum Gasteiger partial charge on any atom is -0.491 e. The van der Waals surface area contributed by atoms with Gasteiger partial charge in [-0.05, 0) is 49.2 Å². The molecule has 56 heavy (non-hydrogen) atoms. The molecule has 0 aromatic heterocycles. The van der Waals surface area contributed by atoms with Crippen molar-refractivity contribution in [1.82, 2.24) is 0 Å². The number of rotatable bonds is 30. The van der Waals surface area contributed by atoms with Crippen LogP contribution in [0.1, 0.15) is 25.7 Å². The van der Waals surface area contributed by atoms with Crippen molar-refractivity contribution in [2.75, 3.05) is 66.1 Å². The van der Waals surface area contributed by atoms with Crippen LogP contribution in [-0.2, 0) is 47.6 Å². The summed E-state index contributed by atoms with van der Waals surface area (Å²) in [4.78, 5) is 47.3. The number of hydrogen-bond acceptors (Lipinski definition) is 14. The molecule has 0 N–H and O–H groups in total. The van der Waals surface area contributed by atoms with Crippen molar-refractivity contribution in [3.05, 3.63) is 110 Å².